The summed E-state index contributed by atoms with van der Waals surface area (Å²) in [5.74, 6) is -2.32. The fraction of sp³-hybridized carbons (Fsp3) is 0.125. The van der Waals surface area contributed by atoms with E-state index < -0.39 is 34.3 Å². The fourth-order valence-corrected chi connectivity index (χ4v) is 2.55. The second-order valence-corrected chi connectivity index (χ2v) is 6.10. The average molecular weight is 410 g/mol. The average Bonchev–Trinajstić information content (AvgIpc) is 2.55. The third-order valence-electron chi connectivity index (χ3n) is 3.38. The van der Waals surface area contributed by atoms with Crippen molar-refractivity contribution in [2.45, 2.75) is 12.5 Å². The van der Waals surface area contributed by atoms with Crippen molar-refractivity contribution in [3.63, 3.8) is 0 Å². The Morgan fingerprint density at radius 1 is 1.28 bits per heavy atom. The number of nitrogens with two attached hydrogens (primary N) is 1. The van der Waals surface area contributed by atoms with Gasteiger partial charge in [0.25, 0.3) is 5.91 Å². The van der Waals surface area contributed by atoms with Crippen LogP contribution in [-0.2, 0) is 11.2 Å². The Hall–Kier alpha value is -2.81. The SMILES string of the molecule is NC(=O)[C@@H](Cc1ccc(F)c([N+](=O)[O-])c1)NC(=O)c1cccc(Br)c1. The number of rotatable bonds is 6. The minimum atomic E-state index is -1.10. The third kappa shape index (κ3) is 4.83. The molecule has 0 aromatic heterocycles. The number of nitrogens with one attached hydrogen (secondary N) is 1. The van der Waals surface area contributed by atoms with Gasteiger partial charge in [-0.25, -0.2) is 0 Å². The van der Waals surface area contributed by atoms with Crippen molar-refractivity contribution in [3.05, 3.63) is 74.0 Å². The second kappa shape index (κ2) is 7.84. The van der Waals surface area contributed by atoms with Crippen LogP contribution in [0.3, 0.4) is 0 Å². The first kappa shape index (κ1) is 18.5. The number of primary amides is 1. The molecule has 0 aliphatic heterocycles. The van der Waals surface area contributed by atoms with Crippen LogP contribution >= 0.6 is 15.9 Å². The highest BCUT2D eigenvalue weighted by atomic mass is 79.9. The minimum Gasteiger partial charge on any atom is -0.368 e. The zero-order valence-electron chi connectivity index (χ0n) is 12.7. The van der Waals surface area contributed by atoms with E-state index in [1.165, 1.54) is 6.07 Å². The lowest BCUT2D eigenvalue weighted by atomic mass is 10.0. The van der Waals surface area contributed by atoms with Gasteiger partial charge in [-0.1, -0.05) is 28.1 Å². The summed E-state index contributed by atoms with van der Waals surface area (Å²) < 4.78 is 14.1. The van der Waals surface area contributed by atoms with Crippen LogP contribution in [0.4, 0.5) is 10.1 Å². The molecule has 2 amide bonds. The summed E-state index contributed by atoms with van der Waals surface area (Å²) in [6.45, 7) is 0. The standard InChI is InChI=1S/C16H13BrFN3O4/c17-11-3-1-2-10(8-11)16(23)20-13(15(19)22)6-9-4-5-12(18)14(7-9)21(24)25/h1-5,7-8,13H,6H2,(H2,19,22)(H,20,23)/t13-/m1/s1. The van der Waals surface area contributed by atoms with Crippen LogP contribution in [0, 0.1) is 15.9 Å². The maximum absolute atomic E-state index is 13.4. The number of amides is 2. The van der Waals surface area contributed by atoms with E-state index >= 15 is 0 Å². The van der Waals surface area contributed by atoms with Crippen LogP contribution in [0.15, 0.2) is 46.9 Å². The van der Waals surface area contributed by atoms with Crippen molar-refractivity contribution in [2.75, 3.05) is 0 Å². The van der Waals surface area contributed by atoms with Crippen LogP contribution in [-0.4, -0.2) is 22.8 Å². The molecule has 3 N–H and O–H groups in total. The van der Waals surface area contributed by atoms with E-state index in [1.54, 1.807) is 24.3 Å². The Labute approximate surface area is 150 Å². The topological polar surface area (TPSA) is 115 Å². The van der Waals surface area contributed by atoms with Crippen molar-refractivity contribution >= 4 is 33.4 Å². The van der Waals surface area contributed by atoms with Crippen LogP contribution in [0.5, 0.6) is 0 Å². The van der Waals surface area contributed by atoms with Gasteiger partial charge in [0.1, 0.15) is 6.04 Å². The van der Waals surface area contributed by atoms with Gasteiger partial charge in [0.05, 0.1) is 4.92 Å². The zero-order chi connectivity index (χ0) is 18.6. The molecule has 0 bridgehead atoms. The molecule has 9 heteroatoms. The van der Waals surface area contributed by atoms with Gasteiger partial charge >= 0.3 is 5.69 Å². The molecular formula is C16H13BrFN3O4. The molecule has 2 rings (SSSR count). The number of hydrogen-bond donors (Lipinski definition) is 2. The zero-order valence-corrected chi connectivity index (χ0v) is 14.3. The molecule has 130 valence electrons. The summed E-state index contributed by atoms with van der Waals surface area (Å²) in [6.07, 6.45) is -0.101. The molecule has 7 nitrogen and oxygen atoms in total. The van der Waals surface area contributed by atoms with Crippen molar-refractivity contribution < 1.29 is 18.9 Å². The highest BCUT2D eigenvalue weighted by molar-refractivity contribution is 9.10. The number of hydrogen-bond acceptors (Lipinski definition) is 4. The molecule has 0 spiro atoms. The molecule has 0 fully saturated rings. The van der Waals surface area contributed by atoms with E-state index in [0.717, 1.165) is 12.1 Å². The first-order valence-corrected chi connectivity index (χ1v) is 7.86. The van der Waals surface area contributed by atoms with Gasteiger partial charge in [-0.05, 0) is 29.8 Å². The van der Waals surface area contributed by atoms with Gasteiger partial charge in [0.2, 0.25) is 11.7 Å². The summed E-state index contributed by atoms with van der Waals surface area (Å²) in [6, 6.07) is 8.65. The van der Waals surface area contributed by atoms with Crippen LogP contribution < -0.4 is 11.1 Å². The van der Waals surface area contributed by atoms with Crippen molar-refractivity contribution in [1.82, 2.24) is 5.32 Å². The molecule has 0 unspecified atom stereocenters. The Morgan fingerprint density at radius 3 is 2.60 bits per heavy atom. The maximum Gasteiger partial charge on any atom is 0.305 e. The third-order valence-corrected chi connectivity index (χ3v) is 3.88. The van der Waals surface area contributed by atoms with E-state index in [2.05, 4.69) is 21.2 Å². The van der Waals surface area contributed by atoms with E-state index in [4.69, 9.17) is 5.73 Å². The summed E-state index contributed by atoms with van der Waals surface area (Å²) in [7, 11) is 0. The minimum absolute atomic E-state index is 0.101. The predicted octanol–water partition coefficient (Wildman–Crippen LogP) is 2.32. The number of nitro benzene ring substituents is 1. The molecule has 0 saturated heterocycles. The molecule has 1 atom stereocenters. The van der Waals surface area contributed by atoms with E-state index in [1.807, 2.05) is 0 Å². The second-order valence-electron chi connectivity index (χ2n) is 5.19. The van der Waals surface area contributed by atoms with Crippen LogP contribution in [0.2, 0.25) is 0 Å². The molecular weight excluding hydrogens is 397 g/mol. The first-order valence-electron chi connectivity index (χ1n) is 7.06. The predicted molar refractivity (Wildman–Crippen MR) is 91.3 cm³/mol. The Morgan fingerprint density at radius 2 is 2.00 bits per heavy atom. The first-order chi connectivity index (χ1) is 11.8. The van der Waals surface area contributed by atoms with Crippen molar-refractivity contribution in [3.8, 4) is 0 Å². The highest BCUT2D eigenvalue weighted by Crippen LogP contribution is 2.19. The number of nitrogens with zero attached hydrogens (tertiary/aromatic N) is 1. The van der Waals surface area contributed by atoms with Gasteiger partial charge in [-0.15, -0.1) is 0 Å². The quantitative estimate of drug-likeness (QED) is 0.562. The van der Waals surface area contributed by atoms with Gasteiger partial charge in [-0.3, -0.25) is 19.7 Å². The normalized spacial score (nSPS) is 11.6. The molecule has 0 aliphatic rings. The van der Waals surface area contributed by atoms with Crippen LogP contribution in [0.25, 0.3) is 0 Å². The largest absolute Gasteiger partial charge is 0.368 e. The number of halogens is 2. The molecule has 0 saturated carbocycles. The lowest BCUT2D eigenvalue weighted by molar-refractivity contribution is -0.387. The summed E-state index contributed by atoms with van der Waals surface area (Å²) in [5, 5.41) is 13.3. The molecule has 25 heavy (non-hydrogen) atoms. The molecule has 0 radical (unpaired) electrons. The number of benzene rings is 2. The Kier molecular flexibility index (Phi) is 5.81. The molecule has 0 heterocycles. The van der Waals surface area contributed by atoms with E-state index in [0.29, 0.717) is 15.6 Å². The molecule has 2 aromatic rings. The molecule has 2 aromatic carbocycles. The summed E-state index contributed by atoms with van der Waals surface area (Å²) in [4.78, 5) is 33.8. The number of nitro groups is 1. The van der Waals surface area contributed by atoms with Crippen molar-refractivity contribution in [1.29, 1.82) is 0 Å². The van der Waals surface area contributed by atoms with Crippen LogP contribution in [0.1, 0.15) is 15.9 Å². The summed E-state index contributed by atoms with van der Waals surface area (Å²) in [5.41, 5.74) is 5.20. The number of carbonyl (C=O) groups excluding carboxylic acids is 2. The molecule has 0 aliphatic carbocycles. The summed E-state index contributed by atoms with van der Waals surface area (Å²) >= 11 is 3.24. The van der Waals surface area contributed by atoms with Gasteiger partial charge in [-0.2, -0.15) is 4.39 Å². The van der Waals surface area contributed by atoms with Gasteiger partial charge in [0, 0.05) is 22.5 Å². The number of carbonyl (C=O) groups is 2. The van der Waals surface area contributed by atoms with Gasteiger partial charge in [0.15, 0.2) is 0 Å². The lowest BCUT2D eigenvalue weighted by Gasteiger charge is -2.16. The van der Waals surface area contributed by atoms with Crippen molar-refractivity contribution in [2.24, 2.45) is 5.73 Å². The van der Waals surface area contributed by atoms with Gasteiger partial charge < -0.3 is 11.1 Å². The maximum atomic E-state index is 13.4. The Balaban J connectivity index is 2.19. The fourth-order valence-electron chi connectivity index (χ4n) is 2.15. The van der Waals surface area contributed by atoms with E-state index in [-0.39, 0.29) is 6.42 Å². The highest BCUT2D eigenvalue weighted by Gasteiger charge is 2.22. The smallest absolute Gasteiger partial charge is 0.305 e. The van der Waals surface area contributed by atoms with E-state index in [9.17, 15) is 24.1 Å². The Bertz CT molecular complexity index is 844. The monoisotopic (exact) mass is 409 g/mol. The lowest BCUT2D eigenvalue weighted by Crippen LogP contribution is -2.45.